The number of carbonyl (C=O) groups is 3. The van der Waals surface area contributed by atoms with Gasteiger partial charge in [-0.2, -0.15) is 5.10 Å². The molecule has 1 saturated heterocycles. The third-order valence-corrected chi connectivity index (χ3v) is 5.84. The van der Waals surface area contributed by atoms with E-state index in [1.807, 2.05) is 0 Å². The maximum absolute atomic E-state index is 13.0. The third-order valence-electron chi connectivity index (χ3n) is 5.84. The summed E-state index contributed by atoms with van der Waals surface area (Å²) in [5, 5.41) is 5.11. The van der Waals surface area contributed by atoms with Crippen LogP contribution in [0.4, 0.5) is 5.69 Å². The summed E-state index contributed by atoms with van der Waals surface area (Å²) in [6.07, 6.45) is 3.99. The summed E-state index contributed by atoms with van der Waals surface area (Å²) in [4.78, 5) is 52.1. The largest absolute Gasteiger partial charge is 0.312 e. The van der Waals surface area contributed by atoms with Crippen LogP contribution in [0.3, 0.4) is 0 Å². The lowest BCUT2D eigenvalue weighted by molar-refractivity contribution is -0.117. The molecule has 0 radical (unpaired) electrons. The lowest BCUT2D eigenvalue weighted by Crippen LogP contribution is -2.43. The standard InChI is InChI=1S/C25H27N5O4/c1-2-3-6-15-30-25(34)20-12-5-4-11-19(20)22(28-30)24(33)27-26-23(32)17-9-7-10-18(16-17)29-14-8-13-21(29)31/h4-5,7,9-12,16H,2-3,6,8,13-15H2,1H3,(H,26,32)(H,27,33). The summed E-state index contributed by atoms with van der Waals surface area (Å²) >= 11 is 0. The molecule has 0 unspecified atom stereocenters. The molecule has 3 aromatic rings. The second-order valence-electron chi connectivity index (χ2n) is 8.24. The van der Waals surface area contributed by atoms with Crippen molar-refractivity contribution in [1.82, 2.24) is 20.6 Å². The number of nitrogens with one attached hydrogen (secondary N) is 2. The van der Waals surface area contributed by atoms with Gasteiger partial charge < -0.3 is 4.90 Å². The van der Waals surface area contributed by atoms with E-state index in [1.165, 1.54) is 4.68 Å². The first-order valence-corrected chi connectivity index (χ1v) is 11.5. The Kier molecular flexibility index (Phi) is 7.01. The Morgan fingerprint density at radius 3 is 2.47 bits per heavy atom. The molecule has 176 valence electrons. The van der Waals surface area contributed by atoms with Crippen LogP contribution in [0.5, 0.6) is 0 Å². The normalized spacial score (nSPS) is 13.3. The number of rotatable bonds is 7. The summed E-state index contributed by atoms with van der Waals surface area (Å²) < 4.78 is 1.31. The quantitative estimate of drug-likeness (QED) is 0.415. The van der Waals surface area contributed by atoms with E-state index in [2.05, 4.69) is 22.9 Å². The molecule has 2 aromatic carbocycles. The highest BCUT2D eigenvalue weighted by atomic mass is 16.2. The number of hydrogen-bond donors (Lipinski definition) is 2. The summed E-state index contributed by atoms with van der Waals surface area (Å²) in [5.74, 6) is -1.13. The van der Waals surface area contributed by atoms with E-state index in [1.54, 1.807) is 53.4 Å². The first kappa shape index (κ1) is 23.2. The van der Waals surface area contributed by atoms with Crippen molar-refractivity contribution in [3.8, 4) is 0 Å². The van der Waals surface area contributed by atoms with Crippen LogP contribution in [0, 0.1) is 0 Å². The van der Waals surface area contributed by atoms with E-state index in [0.717, 1.165) is 25.7 Å². The minimum Gasteiger partial charge on any atom is -0.312 e. The van der Waals surface area contributed by atoms with Crippen molar-refractivity contribution in [2.24, 2.45) is 0 Å². The molecule has 0 bridgehead atoms. The van der Waals surface area contributed by atoms with Crippen molar-refractivity contribution in [2.75, 3.05) is 11.4 Å². The van der Waals surface area contributed by atoms with Crippen LogP contribution in [0.15, 0.2) is 53.3 Å². The molecule has 0 spiro atoms. The number of nitrogens with zero attached hydrogens (tertiary/aromatic N) is 3. The number of unbranched alkanes of at least 4 members (excludes halogenated alkanes) is 2. The van der Waals surface area contributed by atoms with Gasteiger partial charge in [0, 0.05) is 36.1 Å². The Labute approximate surface area is 196 Å². The predicted octanol–water partition coefficient (Wildman–Crippen LogP) is 2.79. The van der Waals surface area contributed by atoms with Gasteiger partial charge in [-0.25, -0.2) is 4.68 Å². The summed E-state index contributed by atoms with van der Waals surface area (Å²) in [6, 6.07) is 13.5. The van der Waals surface area contributed by atoms with E-state index in [0.29, 0.717) is 41.5 Å². The Bertz CT molecular complexity index is 1300. The second-order valence-corrected chi connectivity index (χ2v) is 8.24. The average molecular weight is 462 g/mol. The molecule has 1 aliphatic heterocycles. The Hall–Kier alpha value is -4.01. The summed E-state index contributed by atoms with van der Waals surface area (Å²) in [7, 11) is 0. The molecule has 0 saturated carbocycles. The lowest BCUT2D eigenvalue weighted by Gasteiger charge is -2.16. The SMILES string of the molecule is CCCCCn1nc(C(=O)NNC(=O)c2cccc(N3CCCC3=O)c2)c2ccccc2c1=O. The highest BCUT2D eigenvalue weighted by molar-refractivity contribution is 6.06. The number of aryl methyl sites for hydroxylation is 1. The van der Waals surface area contributed by atoms with Gasteiger partial charge in [-0.15, -0.1) is 0 Å². The number of benzene rings is 2. The van der Waals surface area contributed by atoms with Crippen molar-refractivity contribution < 1.29 is 14.4 Å². The van der Waals surface area contributed by atoms with Gasteiger partial charge >= 0.3 is 0 Å². The van der Waals surface area contributed by atoms with Crippen molar-refractivity contribution in [1.29, 1.82) is 0 Å². The molecular formula is C25H27N5O4. The monoisotopic (exact) mass is 461 g/mol. The maximum atomic E-state index is 13.0. The minimum absolute atomic E-state index is 0.0258. The number of aromatic nitrogens is 2. The predicted molar refractivity (Wildman–Crippen MR) is 128 cm³/mol. The third kappa shape index (κ3) is 4.83. The van der Waals surface area contributed by atoms with Gasteiger partial charge in [0.2, 0.25) is 5.91 Å². The van der Waals surface area contributed by atoms with E-state index in [9.17, 15) is 19.2 Å². The molecular weight excluding hydrogens is 434 g/mol. The lowest BCUT2D eigenvalue weighted by atomic mass is 10.1. The molecule has 3 amide bonds. The first-order chi connectivity index (χ1) is 16.5. The molecule has 1 aliphatic rings. The number of anilines is 1. The molecule has 2 N–H and O–H groups in total. The summed E-state index contributed by atoms with van der Waals surface area (Å²) in [5.41, 5.74) is 5.57. The smallest absolute Gasteiger partial charge is 0.290 e. The van der Waals surface area contributed by atoms with Crippen molar-refractivity contribution in [3.05, 3.63) is 70.1 Å². The van der Waals surface area contributed by atoms with Crippen molar-refractivity contribution in [3.63, 3.8) is 0 Å². The molecule has 1 aromatic heterocycles. The number of hydrogen-bond acceptors (Lipinski definition) is 5. The van der Waals surface area contributed by atoms with E-state index < -0.39 is 11.8 Å². The molecule has 0 atom stereocenters. The van der Waals surface area contributed by atoms with Crippen molar-refractivity contribution in [2.45, 2.75) is 45.6 Å². The van der Waals surface area contributed by atoms with Gasteiger partial charge in [0.25, 0.3) is 17.4 Å². The Balaban J connectivity index is 1.52. The van der Waals surface area contributed by atoms with Crippen LogP contribution < -0.4 is 21.3 Å². The van der Waals surface area contributed by atoms with Crippen LogP contribution in [0.1, 0.15) is 59.9 Å². The fourth-order valence-corrected chi connectivity index (χ4v) is 4.05. The molecule has 34 heavy (non-hydrogen) atoms. The molecule has 2 heterocycles. The molecule has 4 rings (SSSR count). The van der Waals surface area contributed by atoms with E-state index in [-0.39, 0.29) is 17.2 Å². The maximum Gasteiger partial charge on any atom is 0.290 e. The number of carbonyl (C=O) groups excluding carboxylic acids is 3. The van der Waals surface area contributed by atoms with Gasteiger partial charge in [0.1, 0.15) is 0 Å². The highest BCUT2D eigenvalue weighted by Gasteiger charge is 2.23. The minimum atomic E-state index is -0.625. The van der Waals surface area contributed by atoms with Crippen LogP contribution in [-0.4, -0.2) is 34.0 Å². The van der Waals surface area contributed by atoms with Gasteiger partial charge in [-0.1, -0.05) is 44.0 Å². The Morgan fingerprint density at radius 1 is 0.971 bits per heavy atom. The second kappa shape index (κ2) is 10.3. The van der Waals surface area contributed by atoms with Crippen LogP contribution in [0.2, 0.25) is 0 Å². The van der Waals surface area contributed by atoms with Gasteiger partial charge in [0.15, 0.2) is 5.69 Å². The van der Waals surface area contributed by atoms with Gasteiger partial charge in [0.05, 0.1) is 5.39 Å². The fourth-order valence-electron chi connectivity index (χ4n) is 4.05. The van der Waals surface area contributed by atoms with Gasteiger partial charge in [-0.05, 0) is 37.1 Å². The zero-order chi connectivity index (χ0) is 24.1. The average Bonchev–Trinajstić information content (AvgIpc) is 3.29. The molecule has 9 nitrogen and oxygen atoms in total. The van der Waals surface area contributed by atoms with E-state index in [4.69, 9.17) is 0 Å². The molecule has 0 aliphatic carbocycles. The van der Waals surface area contributed by atoms with Crippen LogP contribution in [-0.2, 0) is 11.3 Å². The fraction of sp³-hybridized carbons (Fsp3) is 0.320. The summed E-state index contributed by atoms with van der Waals surface area (Å²) in [6.45, 7) is 3.09. The first-order valence-electron chi connectivity index (χ1n) is 11.5. The number of hydrazine groups is 1. The van der Waals surface area contributed by atoms with Crippen LogP contribution >= 0.6 is 0 Å². The zero-order valence-electron chi connectivity index (χ0n) is 19.0. The molecule has 9 heteroatoms. The number of amides is 3. The molecule has 1 fully saturated rings. The van der Waals surface area contributed by atoms with Gasteiger partial charge in [-0.3, -0.25) is 30.0 Å². The zero-order valence-corrected chi connectivity index (χ0v) is 19.0. The highest BCUT2D eigenvalue weighted by Crippen LogP contribution is 2.22. The number of fused-ring (bicyclic) bond motifs is 1. The topological polar surface area (TPSA) is 113 Å². The van der Waals surface area contributed by atoms with Crippen LogP contribution in [0.25, 0.3) is 10.8 Å². The van der Waals surface area contributed by atoms with E-state index >= 15 is 0 Å². The van der Waals surface area contributed by atoms with Crippen molar-refractivity contribution >= 4 is 34.2 Å². The Morgan fingerprint density at radius 2 is 1.74 bits per heavy atom.